The molecule has 0 heterocycles. The first-order chi connectivity index (χ1) is 8.06. The van der Waals surface area contributed by atoms with E-state index in [0.717, 1.165) is 17.1 Å². The number of nitrogens with zero attached hydrogens (tertiary/aromatic N) is 1. The van der Waals surface area contributed by atoms with Gasteiger partial charge >= 0.3 is 0 Å². The fourth-order valence-corrected chi connectivity index (χ4v) is 2.34. The molecular formula is C11H17N3O2S. The minimum atomic E-state index is -0.409. The van der Waals surface area contributed by atoms with Crippen LogP contribution in [0, 0.1) is 16.0 Å². The van der Waals surface area contributed by atoms with Crippen molar-refractivity contribution in [2.75, 3.05) is 11.2 Å². The van der Waals surface area contributed by atoms with Gasteiger partial charge in [0.25, 0.3) is 5.69 Å². The van der Waals surface area contributed by atoms with Crippen LogP contribution in [0.5, 0.6) is 0 Å². The van der Waals surface area contributed by atoms with Gasteiger partial charge in [0, 0.05) is 22.8 Å². The molecule has 0 amide bonds. The first-order valence-electron chi connectivity index (χ1n) is 5.45. The summed E-state index contributed by atoms with van der Waals surface area (Å²) in [5.74, 6) is 6.83. The van der Waals surface area contributed by atoms with E-state index in [-0.39, 0.29) is 5.69 Å². The third-order valence-corrected chi connectivity index (χ3v) is 3.80. The molecule has 1 rings (SSSR count). The molecule has 17 heavy (non-hydrogen) atoms. The van der Waals surface area contributed by atoms with Crippen LogP contribution in [0.3, 0.4) is 0 Å². The van der Waals surface area contributed by atoms with Crippen LogP contribution in [0.2, 0.25) is 0 Å². The first-order valence-corrected chi connectivity index (χ1v) is 6.44. The summed E-state index contributed by atoms with van der Waals surface area (Å²) in [6, 6.07) is 4.82. The molecule has 1 aromatic rings. The molecule has 1 unspecified atom stereocenters. The Balaban J connectivity index is 2.83. The average molecular weight is 255 g/mol. The van der Waals surface area contributed by atoms with E-state index >= 15 is 0 Å². The van der Waals surface area contributed by atoms with Gasteiger partial charge in [-0.2, -0.15) is 0 Å². The predicted molar refractivity (Wildman–Crippen MR) is 71.1 cm³/mol. The monoisotopic (exact) mass is 255 g/mol. The van der Waals surface area contributed by atoms with E-state index in [1.807, 2.05) is 6.07 Å². The number of nitro benzene ring substituents is 1. The molecule has 3 N–H and O–H groups in total. The Bertz CT molecular complexity index is 398. The summed E-state index contributed by atoms with van der Waals surface area (Å²) in [6.07, 6.45) is 1.10. The molecule has 0 aliphatic rings. The van der Waals surface area contributed by atoms with E-state index in [4.69, 9.17) is 5.84 Å². The third-order valence-electron chi connectivity index (χ3n) is 2.50. The van der Waals surface area contributed by atoms with Crippen LogP contribution in [0.15, 0.2) is 23.1 Å². The van der Waals surface area contributed by atoms with Gasteiger partial charge in [0.2, 0.25) is 0 Å². The largest absolute Gasteiger partial charge is 0.324 e. The van der Waals surface area contributed by atoms with Gasteiger partial charge in [-0.25, -0.2) is 0 Å². The van der Waals surface area contributed by atoms with Crippen molar-refractivity contribution in [3.63, 3.8) is 0 Å². The van der Waals surface area contributed by atoms with E-state index < -0.39 is 4.92 Å². The van der Waals surface area contributed by atoms with Crippen LogP contribution in [-0.2, 0) is 0 Å². The van der Waals surface area contributed by atoms with Crippen molar-refractivity contribution in [2.45, 2.75) is 25.2 Å². The van der Waals surface area contributed by atoms with Crippen molar-refractivity contribution < 1.29 is 4.92 Å². The number of rotatable bonds is 6. The molecule has 0 aromatic heterocycles. The Hall–Kier alpha value is -1.27. The maximum absolute atomic E-state index is 10.7. The second-order valence-corrected chi connectivity index (χ2v) is 5.03. The number of nitrogen functional groups attached to an aromatic ring is 1. The van der Waals surface area contributed by atoms with E-state index in [0.29, 0.717) is 11.6 Å². The fourth-order valence-electron chi connectivity index (χ4n) is 1.21. The molecule has 0 saturated carbocycles. The lowest BCUT2D eigenvalue weighted by Crippen LogP contribution is -2.07. The molecule has 0 saturated heterocycles. The van der Waals surface area contributed by atoms with Crippen molar-refractivity contribution in [3.8, 4) is 0 Å². The van der Waals surface area contributed by atoms with Gasteiger partial charge in [-0.1, -0.05) is 20.3 Å². The maximum Gasteiger partial charge on any atom is 0.272 e. The molecule has 1 aromatic carbocycles. The number of benzene rings is 1. The SMILES string of the molecule is CCC(C)CSc1cc(NN)cc([N+](=O)[O-])c1. The number of non-ortho nitro benzene ring substituents is 1. The van der Waals surface area contributed by atoms with Crippen LogP contribution in [0.4, 0.5) is 11.4 Å². The zero-order valence-corrected chi connectivity index (χ0v) is 10.8. The minimum Gasteiger partial charge on any atom is -0.324 e. The van der Waals surface area contributed by atoms with E-state index in [1.54, 1.807) is 17.8 Å². The Morgan fingerprint density at radius 3 is 2.76 bits per heavy atom. The molecule has 1 atom stereocenters. The highest BCUT2D eigenvalue weighted by atomic mass is 32.2. The van der Waals surface area contributed by atoms with Gasteiger partial charge in [0.15, 0.2) is 0 Å². The standard InChI is InChI=1S/C11H17N3O2S/c1-3-8(2)7-17-11-5-9(13-12)4-10(6-11)14(15)16/h4-6,8,13H,3,7,12H2,1-2H3. The highest BCUT2D eigenvalue weighted by molar-refractivity contribution is 7.99. The lowest BCUT2D eigenvalue weighted by molar-refractivity contribution is -0.385. The molecule has 0 aliphatic carbocycles. The van der Waals surface area contributed by atoms with E-state index in [1.165, 1.54) is 6.07 Å². The summed E-state index contributed by atoms with van der Waals surface area (Å²) < 4.78 is 0. The van der Waals surface area contributed by atoms with Gasteiger partial charge in [-0.05, 0) is 12.0 Å². The van der Waals surface area contributed by atoms with Crippen LogP contribution in [0.25, 0.3) is 0 Å². The topological polar surface area (TPSA) is 81.2 Å². The van der Waals surface area contributed by atoms with Crippen LogP contribution < -0.4 is 11.3 Å². The number of hydrazine groups is 1. The Morgan fingerprint density at radius 2 is 2.24 bits per heavy atom. The number of hydrogen-bond acceptors (Lipinski definition) is 5. The Kier molecular flexibility index (Phi) is 5.24. The zero-order chi connectivity index (χ0) is 12.8. The van der Waals surface area contributed by atoms with Crippen molar-refractivity contribution in [1.29, 1.82) is 0 Å². The van der Waals surface area contributed by atoms with Crippen LogP contribution >= 0.6 is 11.8 Å². The Morgan fingerprint density at radius 1 is 1.53 bits per heavy atom. The van der Waals surface area contributed by atoms with Gasteiger partial charge in [-0.15, -0.1) is 11.8 Å². The second kappa shape index (κ2) is 6.46. The molecule has 0 bridgehead atoms. The summed E-state index contributed by atoms with van der Waals surface area (Å²) in [6.45, 7) is 4.29. The molecule has 94 valence electrons. The van der Waals surface area contributed by atoms with Gasteiger partial charge in [0.1, 0.15) is 0 Å². The number of hydrogen-bond donors (Lipinski definition) is 2. The summed E-state index contributed by atoms with van der Waals surface area (Å²) in [7, 11) is 0. The second-order valence-electron chi connectivity index (χ2n) is 3.94. The van der Waals surface area contributed by atoms with Crippen molar-refractivity contribution >= 4 is 23.1 Å². The summed E-state index contributed by atoms with van der Waals surface area (Å²) in [5.41, 5.74) is 3.07. The first kappa shape index (κ1) is 13.8. The van der Waals surface area contributed by atoms with Crippen molar-refractivity contribution in [1.82, 2.24) is 0 Å². The van der Waals surface area contributed by atoms with Crippen LogP contribution in [-0.4, -0.2) is 10.7 Å². The molecule has 0 radical (unpaired) electrons. The number of nitrogens with one attached hydrogen (secondary N) is 1. The maximum atomic E-state index is 10.7. The van der Waals surface area contributed by atoms with Crippen molar-refractivity contribution in [2.24, 2.45) is 11.8 Å². The summed E-state index contributed by atoms with van der Waals surface area (Å²) in [4.78, 5) is 11.2. The normalized spacial score (nSPS) is 12.2. The van der Waals surface area contributed by atoms with Gasteiger partial charge < -0.3 is 5.43 Å². The average Bonchev–Trinajstić information content (AvgIpc) is 2.35. The minimum absolute atomic E-state index is 0.0621. The Labute approximate surface area is 105 Å². The number of thioether (sulfide) groups is 1. The quantitative estimate of drug-likeness (QED) is 0.353. The molecule has 5 nitrogen and oxygen atoms in total. The molecule has 0 aliphatic heterocycles. The smallest absolute Gasteiger partial charge is 0.272 e. The summed E-state index contributed by atoms with van der Waals surface area (Å²) in [5, 5.41) is 10.7. The molecule has 0 fully saturated rings. The van der Waals surface area contributed by atoms with E-state index in [2.05, 4.69) is 19.3 Å². The third kappa shape index (κ3) is 4.24. The van der Waals surface area contributed by atoms with Gasteiger partial charge in [-0.3, -0.25) is 16.0 Å². The highest BCUT2D eigenvalue weighted by Crippen LogP contribution is 2.29. The highest BCUT2D eigenvalue weighted by Gasteiger charge is 2.10. The lowest BCUT2D eigenvalue weighted by Gasteiger charge is -2.09. The van der Waals surface area contributed by atoms with Crippen LogP contribution in [0.1, 0.15) is 20.3 Å². The zero-order valence-electron chi connectivity index (χ0n) is 9.97. The van der Waals surface area contributed by atoms with Crippen molar-refractivity contribution in [3.05, 3.63) is 28.3 Å². The number of anilines is 1. The fraction of sp³-hybridized carbons (Fsp3) is 0.455. The predicted octanol–water partition coefficient (Wildman–Crippen LogP) is 3.02. The summed E-state index contributed by atoms with van der Waals surface area (Å²) >= 11 is 1.61. The number of nitro groups is 1. The molecule has 0 spiro atoms. The molecular weight excluding hydrogens is 238 g/mol. The number of nitrogens with two attached hydrogens (primary N) is 1. The van der Waals surface area contributed by atoms with Gasteiger partial charge in [0.05, 0.1) is 10.6 Å². The molecule has 6 heteroatoms. The van der Waals surface area contributed by atoms with E-state index in [9.17, 15) is 10.1 Å². The lowest BCUT2D eigenvalue weighted by atomic mass is 10.2.